The summed E-state index contributed by atoms with van der Waals surface area (Å²) in [4.78, 5) is 22.6. The number of halogens is 3. The summed E-state index contributed by atoms with van der Waals surface area (Å²) in [6.45, 7) is 0.487. The maximum atomic E-state index is 12.2. The number of amides is 1. The van der Waals surface area contributed by atoms with E-state index in [1.807, 2.05) is 0 Å². The third-order valence-electron chi connectivity index (χ3n) is 3.97. The van der Waals surface area contributed by atoms with Crippen LogP contribution in [0.4, 0.5) is 11.5 Å². The van der Waals surface area contributed by atoms with Crippen LogP contribution >= 0.6 is 34.8 Å². The van der Waals surface area contributed by atoms with Gasteiger partial charge in [0, 0.05) is 12.6 Å². The number of aromatic nitrogens is 4. The topological polar surface area (TPSA) is 117 Å². The molecule has 158 valence electrons. The lowest BCUT2D eigenvalue weighted by Crippen LogP contribution is -2.15. The molecule has 0 fully saturated rings. The molecule has 1 aromatic carbocycles. The number of ether oxygens (including phenoxy) is 1. The van der Waals surface area contributed by atoms with E-state index in [1.54, 1.807) is 29.1 Å². The number of anilines is 1. The number of carbonyl (C=O) groups excluding carboxylic acids is 1. The summed E-state index contributed by atoms with van der Waals surface area (Å²) in [6, 6.07) is 5.20. The van der Waals surface area contributed by atoms with Crippen LogP contribution in [0, 0.1) is 10.1 Å². The van der Waals surface area contributed by atoms with Gasteiger partial charge in [0.05, 0.1) is 35.2 Å². The molecule has 3 aromatic rings. The lowest BCUT2D eigenvalue weighted by molar-refractivity contribution is -0.385. The predicted molar refractivity (Wildman–Crippen MR) is 111 cm³/mol. The largest absolute Gasteiger partial charge is 0.475 e. The van der Waals surface area contributed by atoms with Crippen molar-refractivity contribution in [2.24, 2.45) is 0 Å². The molecule has 2 aromatic heterocycles. The summed E-state index contributed by atoms with van der Waals surface area (Å²) in [7, 11) is 1.28. The van der Waals surface area contributed by atoms with Crippen molar-refractivity contribution in [3.8, 4) is 5.88 Å². The third kappa shape index (κ3) is 5.21. The third-order valence-corrected chi connectivity index (χ3v) is 4.99. The van der Waals surface area contributed by atoms with E-state index in [9.17, 15) is 14.9 Å². The molecular weight excluding hydrogens is 459 g/mol. The van der Waals surface area contributed by atoms with Gasteiger partial charge in [0.25, 0.3) is 0 Å². The van der Waals surface area contributed by atoms with Crippen molar-refractivity contribution in [1.29, 1.82) is 0 Å². The van der Waals surface area contributed by atoms with Gasteiger partial charge in [-0.15, -0.1) is 5.10 Å². The van der Waals surface area contributed by atoms with Crippen LogP contribution in [0.5, 0.6) is 5.88 Å². The first-order valence-corrected chi connectivity index (χ1v) is 9.62. The van der Waals surface area contributed by atoms with Gasteiger partial charge in [-0.05, 0) is 17.7 Å². The van der Waals surface area contributed by atoms with Crippen LogP contribution in [-0.2, 0) is 17.9 Å². The van der Waals surface area contributed by atoms with Crippen molar-refractivity contribution in [2.45, 2.75) is 19.5 Å². The highest BCUT2D eigenvalue weighted by molar-refractivity contribution is 6.42. The zero-order chi connectivity index (χ0) is 21.8. The highest BCUT2D eigenvalue weighted by atomic mass is 35.5. The fourth-order valence-corrected chi connectivity index (χ4v) is 3.10. The summed E-state index contributed by atoms with van der Waals surface area (Å²) in [5.74, 6) is -0.302. The van der Waals surface area contributed by atoms with Gasteiger partial charge < -0.3 is 10.1 Å². The monoisotopic (exact) mass is 472 g/mol. The summed E-state index contributed by atoms with van der Waals surface area (Å²) < 4.78 is 7.67. The van der Waals surface area contributed by atoms with Gasteiger partial charge in [-0.25, -0.2) is 0 Å². The Morgan fingerprint density at radius 2 is 1.93 bits per heavy atom. The van der Waals surface area contributed by atoms with Gasteiger partial charge in [0.1, 0.15) is 11.2 Å². The predicted octanol–water partition coefficient (Wildman–Crippen LogP) is 4.03. The van der Waals surface area contributed by atoms with E-state index >= 15 is 0 Å². The fraction of sp³-hybridized carbons (Fsp3) is 0.235. The average Bonchev–Trinajstić information content (AvgIpc) is 3.26. The molecule has 0 aliphatic carbocycles. The minimum absolute atomic E-state index is 0.00201. The minimum atomic E-state index is -0.608. The van der Waals surface area contributed by atoms with Gasteiger partial charge >= 0.3 is 11.6 Å². The average molecular weight is 474 g/mol. The Morgan fingerprint density at radius 1 is 1.17 bits per heavy atom. The smallest absolute Gasteiger partial charge is 0.350 e. The van der Waals surface area contributed by atoms with E-state index in [-0.39, 0.29) is 41.3 Å². The molecule has 2 heterocycles. The summed E-state index contributed by atoms with van der Waals surface area (Å²) in [5.41, 5.74) is 0.581. The van der Waals surface area contributed by atoms with Crippen molar-refractivity contribution >= 4 is 52.2 Å². The van der Waals surface area contributed by atoms with E-state index < -0.39 is 4.92 Å². The fourth-order valence-electron chi connectivity index (χ4n) is 2.58. The molecule has 10 nitrogen and oxygen atoms in total. The van der Waals surface area contributed by atoms with Gasteiger partial charge in [-0.2, -0.15) is 5.10 Å². The number of carbonyl (C=O) groups is 1. The van der Waals surface area contributed by atoms with E-state index in [0.29, 0.717) is 16.6 Å². The zero-order valence-electron chi connectivity index (χ0n) is 15.5. The Kier molecular flexibility index (Phi) is 6.80. The standard InChI is InChI=1S/C17H15Cl3N6O4/c1-30-17-14(26(28)29)9-24(23-17)5-4-15(27)21-16-13(20)8-25(22-16)7-10-2-3-11(18)12(19)6-10/h2-3,6,8-9H,4-5,7H2,1H3,(H,21,22,27). The van der Waals surface area contributed by atoms with Crippen LogP contribution < -0.4 is 10.1 Å². The SMILES string of the molecule is COc1nn(CCC(=O)Nc2nn(Cc3ccc(Cl)c(Cl)c3)cc2Cl)cc1[N+](=O)[O-]. The molecule has 0 bridgehead atoms. The molecule has 0 aliphatic heterocycles. The first-order chi connectivity index (χ1) is 14.3. The molecule has 30 heavy (non-hydrogen) atoms. The Labute approximate surface area is 185 Å². The summed E-state index contributed by atoms with van der Waals surface area (Å²) >= 11 is 18.1. The van der Waals surface area contributed by atoms with Gasteiger partial charge in [0.15, 0.2) is 5.82 Å². The number of rotatable bonds is 8. The first kappa shape index (κ1) is 21.9. The molecule has 3 rings (SSSR count). The lowest BCUT2D eigenvalue weighted by atomic mass is 10.2. The molecule has 0 saturated carbocycles. The number of nitrogens with zero attached hydrogens (tertiary/aromatic N) is 5. The van der Waals surface area contributed by atoms with Crippen LogP contribution in [0.15, 0.2) is 30.6 Å². The molecule has 0 spiro atoms. The molecule has 13 heteroatoms. The number of nitrogens with one attached hydrogen (secondary N) is 1. The molecule has 0 atom stereocenters. The molecule has 0 saturated heterocycles. The van der Waals surface area contributed by atoms with E-state index in [4.69, 9.17) is 39.5 Å². The van der Waals surface area contributed by atoms with Crippen LogP contribution in [0.1, 0.15) is 12.0 Å². The highest BCUT2D eigenvalue weighted by Gasteiger charge is 2.20. The number of hydrogen-bond acceptors (Lipinski definition) is 6. The van der Waals surface area contributed by atoms with Crippen molar-refractivity contribution < 1.29 is 14.5 Å². The summed E-state index contributed by atoms with van der Waals surface area (Å²) in [5, 5.41) is 22.9. The van der Waals surface area contributed by atoms with Crippen molar-refractivity contribution in [2.75, 3.05) is 12.4 Å². The molecule has 1 N–H and O–H groups in total. The molecule has 0 aliphatic rings. The molecule has 0 radical (unpaired) electrons. The van der Waals surface area contributed by atoms with Gasteiger partial charge in [0.2, 0.25) is 5.91 Å². The van der Waals surface area contributed by atoms with Crippen LogP contribution in [-0.4, -0.2) is 37.5 Å². The van der Waals surface area contributed by atoms with Crippen molar-refractivity contribution in [3.63, 3.8) is 0 Å². The van der Waals surface area contributed by atoms with Crippen molar-refractivity contribution in [1.82, 2.24) is 19.6 Å². The van der Waals surface area contributed by atoms with E-state index in [0.717, 1.165) is 5.56 Å². The Morgan fingerprint density at radius 3 is 2.57 bits per heavy atom. The van der Waals surface area contributed by atoms with Crippen LogP contribution in [0.2, 0.25) is 15.1 Å². The second-order valence-electron chi connectivity index (χ2n) is 6.11. The Bertz CT molecular complexity index is 1100. The van der Waals surface area contributed by atoms with Crippen molar-refractivity contribution in [3.05, 3.63) is 61.3 Å². The summed E-state index contributed by atoms with van der Waals surface area (Å²) in [6.07, 6.45) is 2.77. The molecule has 1 amide bonds. The number of hydrogen-bond donors (Lipinski definition) is 1. The maximum absolute atomic E-state index is 12.2. The second kappa shape index (κ2) is 9.33. The van der Waals surface area contributed by atoms with E-state index in [2.05, 4.69) is 15.5 Å². The number of nitro groups is 1. The molecule has 0 unspecified atom stereocenters. The zero-order valence-corrected chi connectivity index (χ0v) is 17.8. The second-order valence-corrected chi connectivity index (χ2v) is 7.34. The quantitative estimate of drug-likeness (QED) is 0.390. The normalized spacial score (nSPS) is 10.8. The van der Waals surface area contributed by atoms with E-state index in [1.165, 1.54) is 18.0 Å². The maximum Gasteiger partial charge on any atom is 0.350 e. The lowest BCUT2D eigenvalue weighted by Gasteiger charge is -2.04. The minimum Gasteiger partial charge on any atom is -0.475 e. The van der Waals surface area contributed by atoms with Crippen LogP contribution in [0.25, 0.3) is 0 Å². The highest BCUT2D eigenvalue weighted by Crippen LogP contribution is 2.25. The number of methoxy groups -OCH3 is 1. The van der Waals surface area contributed by atoms with Gasteiger partial charge in [-0.1, -0.05) is 40.9 Å². The van der Waals surface area contributed by atoms with Gasteiger partial charge in [-0.3, -0.25) is 24.3 Å². The molecular formula is C17H15Cl3N6O4. The van der Waals surface area contributed by atoms with Crippen LogP contribution in [0.3, 0.4) is 0 Å². The Balaban J connectivity index is 1.60. The number of aryl methyl sites for hydroxylation is 1. The number of benzene rings is 1. The Hall–Kier alpha value is -2.82. The first-order valence-electron chi connectivity index (χ1n) is 8.49.